The van der Waals surface area contributed by atoms with Crippen LogP contribution >= 0.6 is 0 Å². The second-order valence-electron chi connectivity index (χ2n) is 1.34. The van der Waals surface area contributed by atoms with Gasteiger partial charge in [0.05, 0.1) is 0 Å². The van der Waals surface area contributed by atoms with Gasteiger partial charge in [0.15, 0.2) is 0 Å². The minimum Gasteiger partial charge on any atom is -0.508 e. The van der Waals surface area contributed by atoms with Crippen molar-refractivity contribution in [2.24, 2.45) is 0 Å². The monoisotopic (exact) mass is 214 g/mol. The first-order valence-corrected chi connectivity index (χ1v) is 2.13. The number of benzene rings is 1. The van der Waals surface area contributed by atoms with Crippen LogP contribution in [0, 0.1) is 14.9 Å². The van der Waals surface area contributed by atoms with Crippen LogP contribution in [0.15, 0.2) is 30.3 Å². The van der Waals surface area contributed by atoms with Gasteiger partial charge in [0, 0.05) is 0 Å². The summed E-state index contributed by atoms with van der Waals surface area (Å²) >= 11 is 0. The smallest absolute Gasteiger partial charge is 0.508 e. The van der Waals surface area contributed by atoms with Gasteiger partial charge in [-0.2, -0.15) is 0 Å². The normalized spacial score (nSPS) is 6.00. The first-order chi connectivity index (χ1) is 3.39. The van der Waals surface area contributed by atoms with Gasteiger partial charge in [0.25, 0.3) is 0 Å². The summed E-state index contributed by atoms with van der Waals surface area (Å²) in [6, 6.07) is 8.71. The Morgan fingerprint density at radius 3 is 1.50 bits per heavy atom. The van der Waals surface area contributed by atoms with E-state index in [4.69, 9.17) is 5.11 Å². The predicted molar refractivity (Wildman–Crippen MR) is 40.9 cm³/mol. The fourth-order valence-corrected chi connectivity index (χ4v) is 0.428. The summed E-state index contributed by atoms with van der Waals surface area (Å²) in [5.74, 6) is 0.322. The van der Waals surface area contributed by atoms with Crippen molar-refractivity contribution >= 4 is 0 Å². The summed E-state index contributed by atoms with van der Waals surface area (Å²) in [5, 5.41) is 8.63. The van der Waals surface area contributed by atoms with Crippen molar-refractivity contribution in [2.75, 3.05) is 0 Å². The molecule has 1 aromatic carbocycles. The van der Waals surface area contributed by atoms with Crippen LogP contribution in [0.1, 0.15) is 0 Å². The Bertz CT molecular complexity index is 139. The van der Waals surface area contributed by atoms with Gasteiger partial charge in [0.1, 0.15) is 5.75 Å². The minimum atomic E-state index is 0. The molecule has 0 bridgehead atoms. The molecule has 0 aliphatic carbocycles. The molecule has 0 unspecified atom stereocenters. The van der Waals surface area contributed by atoms with Crippen molar-refractivity contribution in [3.63, 3.8) is 0 Å². The van der Waals surface area contributed by atoms with Crippen LogP contribution in [-0.2, 0) is 26.2 Å². The Kier molecular flexibility index (Phi) is 14.7. The standard InChI is InChI=1S/C6H6O.2CH3.Zr/c7-6-4-2-1-3-5-6;;;/h1-5,7H;2*1H3;/q;2*-1;+2. The van der Waals surface area contributed by atoms with E-state index in [9.17, 15) is 0 Å². The molecule has 1 rings (SSSR count). The molecule has 0 amide bonds. The average molecular weight is 215 g/mol. The largest absolute Gasteiger partial charge is 2.00 e. The van der Waals surface area contributed by atoms with Crippen LogP contribution in [0.5, 0.6) is 5.75 Å². The summed E-state index contributed by atoms with van der Waals surface area (Å²) in [7, 11) is 0. The van der Waals surface area contributed by atoms with Gasteiger partial charge in [-0.25, -0.2) is 0 Å². The summed E-state index contributed by atoms with van der Waals surface area (Å²) in [4.78, 5) is 0. The fourth-order valence-electron chi connectivity index (χ4n) is 0.428. The Balaban J connectivity index is -0.000000163. The van der Waals surface area contributed by atoms with Crippen LogP contribution in [0.2, 0.25) is 0 Å². The first-order valence-electron chi connectivity index (χ1n) is 2.13. The number of phenols is 1. The number of phenolic OH excluding ortho intramolecular Hbond substituents is 1. The zero-order valence-corrected chi connectivity index (χ0v) is 8.79. The van der Waals surface area contributed by atoms with Crippen molar-refractivity contribution in [1.29, 1.82) is 0 Å². The number of hydrogen-bond acceptors (Lipinski definition) is 1. The van der Waals surface area contributed by atoms with Crippen molar-refractivity contribution in [3.05, 3.63) is 45.2 Å². The molecule has 0 aliphatic rings. The van der Waals surface area contributed by atoms with Crippen LogP contribution in [0.3, 0.4) is 0 Å². The van der Waals surface area contributed by atoms with E-state index in [0.717, 1.165) is 0 Å². The zero-order valence-electron chi connectivity index (χ0n) is 6.33. The molecule has 1 nitrogen and oxygen atoms in total. The Morgan fingerprint density at radius 2 is 1.30 bits per heavy atom. The van der Waals surface area contributed by atoms with Crippen LogP contribution < -0.4 is 0 Å². The number of aromatic hydroxyl groups is 1. The molecule has 0 saturated heterocycles. The van der Waals surface area contributed by atoms with E-state index in [-0.39, 0.29) is 41.1 Å². The van der Waals surface area contributed by atoms with Crippen LogP contribution in [0.4, 0.5) is 0 Å². The molecule has 0 heterocycles. The summed E-state index contributed by atoms with van der Waals surface area (Å²) in [6.07, 6.45) is 0. The summed E-state index contributed by atoms with van der Waals surface area (Å²) < 4.78 is 0. The maximum absolute atomic E-state index is 8.63. The second-order valence-corrected chi connectivity index (χ2v) is 1.34. The Labute approximate surface area is 82.2 Å². The summed E-state index contributed by atoms with van der Waals surface area (Å²) in [5.41, 5.74) is 0. The first kappa shape index (κ1) is 16.5. The van der Waals surface area contributed by atoms with Crippen molar-refractivity contribution in [2.45, 2.75) is 0 Å². The van der Waals surface area contributed by atoms with Gasteiger partial charge < -0.3 is 20.0 Å². The zero-order chi connectivity index (χ0) is 5.11. The van der Waals surface area contributed by atoms with E-state index in [1.54, 1.807) is 24.3 Å². The Morgan fingerprint density at radius 1 is 0.900 bits per heavy atom. The molecule has 0 aromatic heterocycles. The van der Waals surface area contributed by atoms with Crippen molar-refractivity contribution in [3.8, 4) is 5.75 Å². The second kappa shape index (κ2) is 8.90. The number of rotatable bonds is 0. The van der Waals surface area contributed by atoms with Gasteiger partial charge in [-0.05, 0) is 12.1 Å². The van der Waals surface area contributed by atoms with Gasteiger partial charge in [-0.3, -0.25) is 0 Å². The molecule has 2 heteroatoms. The molecule has 0 fully saturated rings. The van der Waals surface area contributed by atoms with E-state index in [2.05, 4.69) is 0 Å². The molecule has 1 aromatic rings. The quantitative estimate of drug-likeness (QED) is 0.658. The van der Waals surface area contributed by atoms with Gasteiger partial charge >= 0.3 is 26.2 Å². The van der Waals surface area contributed by atoms with Crippen LogP contribution in [0.25, 0.3) is 0 Å². The van der Waals surface area contributed by atoms with E-state index < -0.39 is 0 Å². The maximum Gasteiger partial charge on any atom is 2.00 e. The van der Waals surface area contributed by atoms with Crippen molar-refractivity contribution in [1.82, 2.24) is 0 Å². The van der Waals surface area contributed by atoms with Gasteiger partial charge in [-0.15, -0.1) is 0 Å². The molecular weight excluding hydrogens is 203 g/mol. The topological polar surface area (TPSA) is 20.2 Å². The third-order valence-electron chi connectivity index (χ3n) is 0.756. The molecule has 0 saturated carbocycles. The molecule has 10 heavy (non-hydrogen) atoms. The molecule has 54 valence electrons. The number of hydrogen-bond donors (Lipinski definition) is 1. The third kappa shape index (κ3) is 6.03. The molecule has 0 spiro atoms. The minimum absolute atomic E-state index is 0. The van der Waals surface area contributed by atoms with E-state index >= 15 is 0 Å². The summed E-state index contributed by atoms with van der Waals surface area (Å²) in [6.45, 7) is 0. The Hall–Kier alpha value is -0.0969. The molecule has 0 radical (unpaired) electrons. The van der Waals surface area contributed by atoms with Crippen LogP contribution in [-0.4, -0.2) is 5.11 Å². The SMILES string of the molecule is Oc1ccccc1.[CH3-].[CH3-].[Zr+2]. The number of para-hydroxylation sites is 1. The molecular formula is C8H12OZr. The molecule has 0 atom stereocenters. The van der Waals surface area contributed by atoms with Gasteiger partial charge in [-0.1, -0.05) is 18.2 Å². The average Bonchev–Trinajstić information content (AvgIpc) is 1.69. The maximum atomic E-state index is 8.63. The van der Waals surface area contributed by atoms with E-state index in [0.29, 0.717) is 5.75 Å². The third-order valence-corrected chi connectivity index (χ3v) is 0.756. The fraction of sp³-hybridized carbons (Fsp3) is 0. The van der Waals surface area contributed by atoms with Crippen molar-refractivity contribution < 1.29 is 31.3 Å². The van der Waals surface area contributed by atoms with E-state index in [1.807, 2.05) is 6.07 Å². The molecule has 0 aliphatic heterocycles. The predicted octanol–water partition coefficient (Wildman–Crippen LogP) is 2.29. The molecule has 1 N–H and O–H groups in total. The van der Waals surface area contributed by atoms with E-state index in [1.165, 1.54) is 0 Å². The van der Waals surface area contributed by atoms with Gasteiger partial charge in [0.2, 0.25) is 0 Å².